The van der Waals surface area contributed by atoms with Gasteiger partial charge in [0.15, 0.2) is 0 Å². The number of aromatic nitrogens is 1. The fraction of sp³-hybridized carbons (Fsp3) is 0.333. The lowest BCUT2D eigenvalue weighted by molar-refractivity contribution is -0.122. The summed E-state index contributed by atoms with van der Waals surface area (Å²) in [6.45, 7) is 3.88. The van der Waals surface area contributed by atoms with E-state index in [1.54, 1.807) is 18.3 Å². The summed E-state index contributed by atoms with van der Waals surface area (Å²) in [4.78, 5) is 16.2. The number of amides is 1. The van der Waals surface area contributed by atoms with Gasteiger partial charge in [-0.25, -0.2) is 9.37 Å². The molecule has 0 radical (unpaired) electrons. The van der Waals surface area contributed by atoms with Gasteiger partial charge < -0.3 is 5.32 Å². The summed E-state index contributed by atoms with van der Waals surface area (Å²) in [6, 6.07) is 6.20. The quantitative estimate of drug-likeness (QED) is 0.914. The molecule has 0 saturated carbocycles. The van der Waals surface area contributed by atoms with Crippen LogP contribution in [0.4, 0.5) is 4.39 Å². The zero-order valence-corrected chi connectivity index (χ0v) is 12.3. The highest BCUT2D eigenvalue weighted by Crippen LogP contribution is 2.20. The van der Waals surface area contributed by atoms with Gasteiger partial charge in [0.1, 0.15) is 10.8 Å². The number of carbonyl (C=O) groups excluding carboxylic acids is 1. The number of halogens is 1. The molecule has 2 atom stereocenters. The van der Waals surface area contributed by atoms with Crippen molar-refractivity contribution in [2.45, 2.75) is 32.2 Å². The number of thiazole rings is 1. The SMILES string of the molecule is C[C@H](CC(=O)N[C@@H](C)c1nccs1)c1ccc(F)cc1. The van der Waals surface area contributed by atoms with E-state index >= 15 is 0 Å². The lowest BCUT2D eigenvalue weighted by Crippen LogP contribution is -2.27. The molecule has 0 fully saturated rings. The number of benzene rings is 1. The third-order valence-corrected chi connectivity index (χ3v) is 4.09. The Bertz CT molecular complexity index is 554. The number of hydrogen-bond acceptors (Lipinski definition) is 3. The van der Waals surface area contributed by atoms with Gasteiger partial charge in [0, 0.05) is 18.0 Å². The fourth-order valence-electron chi connectivity index (χ4n) is 2.00. The average molecular weight is 292 g/mol. The van der Waals surface area contributed by atoms with E-state index in [2.05, 4.69) is 10.3 Å². The number of carbonyl (C=O) groups is 1. The van der Waals surface area contributed by atoms with E-state index in [1.165, 1.54) is 23.5 Å². The molecule has 0 saturated heterocycles. The van der Waals surface area contributed by atoms with Gasteiger partial charge in [-0.1, -0.05) is 19.1 Å². The van der Waals surface area contributed by atoms with Gasteiger partial charge >= 0.3 is 0 Å². The molecule has 1 heterocycles. The summed E-state index contributed by atoms with van der Waals surface area (Å²) in [7, 11) is 0. The zero-order chi connectivity index (χ0) is 14.5. The summed E-state index contributed by atoms with van der Waals surface area (Å²) in [5.41, 5.74) is 0.962. The first-order valence-corrected chi connectivity index (χ1v) is 7.38. The van der Waals surface area contributed by atoms with Crippen LogP contribution < -0.4 is 5.32 Å². The van der Waals surface area contributed by atoms with Crippen molar-refractivity contribution in [3.05, 3.63) is 52.2 Å². The maximum absolute atomic E-state index is 12.9. The van der Waals surface area contributed by atoms with Gasteiger partial charge in [-0.3, -0.25) is 4.79 Å². The van der Waals surface area contributed by atoms with E-state index in [1.807, 2.05) is 19.2 Å². The first kappa shape index (κ1) is 14.7. The Morgan fingerprint density at radius 3 is 2.65 bits per heavy atom. The van der Waals surface area contributed by atoms with Crippen LogP contribution in [-0.4, -0.2) is 10.9 Å². The third-order valence-electron chi connectivity index (χ3n) is 3.13. The van der Waals surface area contributed by atoms with Crippen molar-refractivity contribution in [1.29, 1.82) is 0 Å². The summed E-state index contributed by atoms with van der Waals surface area (Å²) in [5.74, 6) is -0.230. The molecule has 1 aromatic carbocycles. The lowest BCUT2D eigenvalue weighted by Gasteiger charge is -2.15. The van der Waals surface area contributed by atoms with E-state index in [-0.39, 0.29) is 23.7 Å². The molecule has 1 aromatic heterocycles. The minimum absolute atomic E-state index is 0.0236. The van der Waals surface area contributed by atoms with Gasteiger partial charge in [-0.05, 0) is 30.5 Å². The van der Waals surface area contributed by atoms with Gasteiger partial charge in [0.05, 0.1) is 6.04 Å². The monoisotopic (exact) mass is 292 g/mol. The van der Waals surface area contributed by atoms with Crippen LogP contribution in [0.5, 0.6) is 0 Å². The van der Waals surface area contributed by atoms with Crippen LogP contribution >= 0.6 is 11.3 Å². The van der Waals surface area contributed by atoms with Crippen molar-refractivity contribution < 1.29 is 9.18 Å². The zero-order valence-electron chi connectivity index (χ0n) is 11.5. The molecule has 0 aliphatic carbocycles. The van der Waals surface area contributed by atoms with Crippen molar-refractivity contribution in [3.8, 4) is 0 Å². The van der Waals surface area contributed by atoms with Crippen LogP contribution in [0.3, 0.4) is 0 Å². The lowest BCUT2D eigenvalue weighted by atomic mass is 9.97. The third kappa shape index (κ3) is 3.87. The Balaban J connectivity index is 1.89. The number of nitrogens with zero attached hydrogens (tertiary/aromatic N) is 1. The van der Waals surface area contributed by atoms with E-state index in [4.69, 9.17) is 0 Å². The topological polar surface area (TPSA) is 42.0 Å². The molecular weight excluding hydrogens is 275 g/mol. The highest BCUT2D eigenvalue weighted by Gasteiger charge is 2.15. The van der Waals surface area contributed by atoms with Crippen molar-refractivity contribution in [2.75, 3.05) is 0 Å². The molecule has 1 N–H and O–H groups in total. The molecule has 0 spiro atoms. The maximum atomic E-state index is 12.9. The van der Waals surface area contributed by atoms with Crippen molar-refractivity contribution >= 4 is 17.2 Å². The van der Waals surface area contributed by atoms with Crippen LogP contribution in [0.1, 0.15) is 42.8 Å². The van der Waals surface area contributed by atoms with Crippen LogP contribution in [-0.2, 0) is 4.79 Å². The summed E-state index contributed by atoms with van der Waals surface area (Å²) in [6.07, 6.45) is 2.10. The average Bonchev–Trinajstić information content (AvgIpc) is 2.93. The second-order valence-corrected chi connectivity index (χ2v) is 5.74. The highest BCUT2D eigenvalue weighted by atomic mass is 32.1. The molecule has 20 heavy (non-hydrogen) atoms. The fourth-order valence-corrected chi connectivity index (χ4v) is 2.64. The van der Waals surface area contributed by atoms with Gasteiger partial charge in [0.2, 0.25) is 5.91 Å². The first-order valence-electron chi connectivity index (χ1n) is 6.50. The van der Waals surface area contributed by atoms with Crippen molar-refractivity contribution in [2.24, 2.45) is 0 Å². The Morgan fingerprint density at radius 2 is 2.05 bits per heavy atom. The highest BCUT2D eigenvalue weighted by molar-refractivity contribution is 7.09. The Morgan fingerprint density at radius 1 is 1.35 bits per heavy atom. The molecule has 2 rings (SSSR count). The summed E-state index contributed by atoms with van der Waals surface area (Å²) < 4.78 is 12.9. The minimum atomic E-state index is -0.261. The first-order chi connectivity index (χ1) is 9.56. The van der Waals surface area contributed by atoms with Gasteiger partial charge in [-0.15, -0.1) is 11.3 Å². The Labute approximate surface area is 121 Å². The maximum Gasteiger partial charge on any atom is 0.221 e. The molecular formula is C15H17FN2OS. The van der Waals surface area contributed by atoms with E-state index in [9.17, 15) is 9.18 Å². The van der Waals surface area contributed by atoms with Crippen molar-refractivity contribution in [1.82, 2.24) is 10.3 Å². The van der Waals surface area contributed by atoms with Gasteiger partial charge in [-0.2, -0.15) is 0 Å². The molecule has 0 unspecified atom stereocenters. The van der Waals surface area contributed by atoms with E-state index < -0.39 is 0 Å². The molecule has 0 bridgehead atoms. The molecule has 1 amide bonds. The number of hydrogen-bond donors (Lipinski definition) is 1. The molecule has 3 nitrogen and oxygen atoms in total. The molecule has 0 aliphatic heterocycles. The van der Waals surface area contributed by atoms with Crippen molar-refractivity contribution in [3.63, 3.8) is 0 Å². The van der Waals surface area contributed by atoms with E-state index in [0.717, 1.165) is 10.6 Å². The number of rotatable bonds is 5. The molecule has 106 valence electrons. The summed E-state index contributed by atoms with van der Waals surface area (Å²) in [5, 5.41) is 5.71. The predicted molar refractivity (Wildman–Crippen MR) is 78.1 cm³/mol. The Kier molecular flexibility index (Phi) is 4.84. The van der Waals surface area contributed by atoms with Crippen LogP contribution in [0.25, 0.3) is 0 Å². The Hall–Kier alpha value is -1.75. The number of nitrogens with one attached hydrogen (secondary N) is 1. The standard InChI is InChI=1S/C15H17FN2OS/c1-10(12-3-5-13(16)6-4-12)9-14(19)18-11(2)15-17-7-8-20-15/h3-8,10-11H,9H2,1-2H3,(H,18,19)/t10-,11+/m1/s1. The smallest absolute Gasteiger partial charge is 0.221 e. The van der Waals surface area contributed by atoms with Crippen LogP contribution in [0.15, 0.2) is 35.8 Å². The molecule has 5 heteroatoms. The molecule has 0 aliphatic rings. The molecule has 2 aromatic rings. The van der Waals surface area contributed by atoms with Gasteiger partial charge in [0.25, 0.3) is 0 Å². The van der Waals surface area contributed by atoms with E-state index in [0.29, 0.717) is 6.42 Å². The summed E-state index contributed by atoms with van der Waals surface area (Å²) >= 11 is 1.52. The predicted octanol–water partition coefficient (Wildman–Crippen LogP) is 3.65. The minimum Gasteiger partial charge on any atom is -0.347 e. The van der Waals surface area contributed by atoms with Crippen LogP contribution in [0.2, 0.25) is 0 Å². The second-order valence-electron chi connectivity index (χ2n) is 4.82. The normalized spacial score (nSPS) is 13.8. The second kappa shape index (κ2) is 6.61. The largest absolute Gasteiger partial charge is 0.347 e. The van der Waals surface area contributed by atoms with Crippen LogP contribution in [0, 0.1) is 5.82 Å².